The quantitative estimate of drug-likeness (QED) is 0.571. The van der Waals surface area contributed by atoms with Crippen molar-refractivity contribution >= 4 is 11.9 Å². The number of hydrogen-bond donors (Lipinski definition) is 0. The predicted octanol–water partition coefficient (Wildman–Crippen LogP) is 0.0444. The summed E-state index contributed by atoms with van der Waals surface area (Å²) in [6.45, 7) is 4.39. The highest BCUT2D eigenvalue weighted by atomic mass is 16.5. The second-order valence-electron chi connectivity index (χ2n) is 2.78. The van der Waals surface area contributed by atoms with Crippen molar-refractivity contribution in [1.82, 2.24) is 4.90 Å². The topological polar surface area (TPSA) is 55.8 Å². The first kappa shape index (κ1) is 12.9. The zero-order chi connectivity index (χ0) is 11.0. The number of carbonyl (C=O) groups is 2. The van der Waals surface area contributed by atoms with Gasteiger partial charge in [-0.1, -0.05) is 0 Å². The molecule has 5 nitrogen and oxygen atoms in total. The van der Waals surface area contributed by atoms with Crippen LogP contribution in [0.5, 0.6) is 0 Å². The van der Waals surface area contributed by atoms with Crippen molar-refractivity contribution in [3.63, 3.8) is 0 Å². The molecule has 5 heteroatoms. The number of ether oxygens (including phenoxy) is 2. The van der Waals surface area contributed by atoms with Crippen molar-refractivity contribution in [2.45, 2.75) is 13.8 Å². The molecular formula is C9H17NO4. The molecule has 0 aliphatic rings. The van der Waals surface area contributed by atoms with Gasteiger partial charge in [-0.2, -0.15) is 0 Å². The molecule has 0 aliphatic heterocycles. The Kier molecular flexibility index (Phi) is 6.74. The Hall–Kier alpha value is -1.10. The Balaban J connectivity index is 3.68. The van der Waals surface area contributed by atoms with Gasteiger partial charge in [0.1, 0.15) is 0 Å². The molecule has 0 aromatic carbocycles. The summed E-state index contributed by atoms with van der Waals surface area (Å²) in [7, 11) is 1.66. The van der Waals surface area contributed by atoms with Gasteiger partial charge >= 0.3 is 11.9 Å². The van der Waals surface area contributed by atoms with Crippen molar-refractivity contribution in [1.29, 1.82) is 0 Å². The molecule has 0 bridgehead atoms. The first-order chi connectivity index (χ1) is 6.60. The zero-order valence-corrected chi connectivity index (χ0v) is 8.91. The predicted molar refractivity (Wildman–Crippen MR) is 50.8 cm³/mol. The van der Waals surface area contributed by atoms with Crippen molar-refractivity contribution < 1.29 is 19.1 Å². The minimum absolute atomic E-state index is 0.104. The molecule has 0 aliphatic carbocycles. The van der Waals surface area contributed by atoms with Crippen LogP contribution in [0.2, 0.25) is 0 Å². The third-order valence-electron chi connectivity index (χ3n) is 1.41. The first-order valence-corrected chi connectivity index (χ1v) is 4.59. The number of rotatable bonds is 6. The first-order valence-electron chi connectivity index (χ1n) is 4.59. The molecule has 0 unspecified atom stereocenters. The molecule has 0 aromatic rings. The lowest BCUT2D eigenvalue weighted by Gasteiger charge is -2.13. The van der Waals surface area contributed by atoms with Gasteiger partial charge in [0, 0.05) is 0 Å². The van der Waals surface area contributed by atoms with Gasteiger partial charge in [0.15, 0.2) is 0 Å². The summed E-state index contributed by atoms with van der Waals surface area (Å²) in [6.07, 6.45) is 0. The van der Waals surface area contributed by atoms with E-state index in [-0.39, 0.29) is 25.0 Å². The molecule has 0 radical (unpaired) electrons. The van der Waals surface area contributed by atoms with Gasteiger partial charge in [-0.05, 0) is 20.9 Å². The number of nitrogens with zero attached hydrogens (tertiary/aromatic N) is 1. The molecule has 0 atom stereocenters. The van der Waals surface area contributed by atoms with Crippen molar-refractivity contribution in [2.75, 3.05) is 33.4 Å². The van der Waals surface area contributed by atoms with Gasteiger partial charge in [-0.3, -0.25) is 14.5 Å². The summed E-state index contributed by atoms with van der Waals surface area (Å²) >= 11 is 0. The molecule has 0 rings (SSSR count). The van der Waals surface area contributed by atoms with Crippen LogP contribution in [0.15, 0.2) is 0 Å². The Bertz CT molecular complexity index is 173. The summed E-state index contributed by atoms with van der Waals surface area (Å²) in [5, 5.41) is 0. The highest BCUT2D eigenvalue weighted by Crippen LogP contribution is 1.88. The molecule has 0 heterocycles. The fourth-order valence-corrected chi connectivity index (χ4v) is 0.910. The maximum atomic E-state index is 11.0. The molecular weight excluding hydrogens is 186 g/mol. The van der Waals surface area contributed by atoms with Crippen LogP contribution in [-0.2, 0) is 19.1 Å². The summed E-state index contributed by atoms with van der Waals surface area (Å²) in [6, 6.07) is 0. The van der Waals surface area contributed by atoms with E-state index in [0.717, 1.165) is 0 Å². The summed E-state index contributed by atoms with van der Waals surface area (Å²) in [5.41, 5.74) is 0. The molecule has 0 amide bonds. The van der Waals surface area contributed by atoms with Crippen LogP contribution in [0.1, 0.15) is 13.8 Å². The average molecular weight is 203 g/mol. The molecule has 0 saturated carbocycles. The van der Waals surface area contributed by atoms with E-state index in [1.165, 1.54) is 0 Å². The van der Waals surface area contributed by atoms with E-state index in [2.05, 4.69) is 0 Å². The lowest BCUT2D eigenvalue weighted by atomic mass is 10.5. The normalized spacial score (nSPS) is 10.0. The Morgan fingerprint density at radius 3 is 1.64 bits per heavy atom. The van der Waals surface area contributed by atoms with Crippen LogP contribution < -0.4 is 0 Å². The van der Waals surface area contributed by atoms with Crippen LogP contribution in [0, 0.1) is 0 Å². The van der Waals surface area contributed by atoms with Gasteiger partial charge in [-0.15, -0.1) is 0 Å². The van der Waals surface area contributed by atoms with E-state index in [0.29, 0.717) is 13.2 Å². The Labute approximate surface area is 84.0 Å². The van der Waals surface area contributed by atoms with Gasteiger partial charge < -0.3 is 9.47 Å². The maximum absolute atomic E-state index is 11.0. The SMILES string of the molecule is CCOC(=O)CN(C)CC(=O)OCC. The van der Waals surface area contributed by atoms with Gasteiger partial charge in [0.25, 0.3) is 0 Å². The second kappa shape index (κ2) is 7.32. The minimum atomic E-state index is -0.334. The summed E-state index contributed by atoms with van der Waals surface area (Å²) in [4.78, 5) is 23.5. The van der Waals surface area contributed by atoms with E-state index in [1.54, 1.807) is 25.8 Å². The Morgan fingerprint density at radius 2 is 1.36 bits per heavy atom. The molecule has 82 valence electrons. The second-order valence-corrected chi connectivity index (χ2v) is 2.78. The third kappa shape index (κ3) is 6.42. The molecule has 0 aromatic heterocycles. The summed E-state index contributed by atoms with van der Waals surface area (Å²) in [5.74, 6) is -0.668. The highest BCUT2D eigenvalue weighted by Gasteiger charge is 2.11. The van der Waals surface area contributed by atoms with Crippen LogP contribution >= 0.6 is 0 Å². The number of carbonyl (C=O) groups excluding carboxylic acids is 2. The van der Waals surface area contributed by atoms with E-state index in [4.69, 9.17) is 9.47 Å². The van der Waals surface area contributed by atoms with Gasteiger partial charge in [0.05, 0.1) is 26.3 Å². The average Bonchev–Trinajstić information content (AvgIpc) is 2.03. The molecule has 0 spiro atoms. The van der Waals surface area contributed by atoms with Crippen molar-refractivity contribution in [3.8, 4) is 0 Å². The van der Waals surface area contributed by atoms with Crippen LogP contribution in [0.25, 0.3) is 0 Å². The number of esters is 2. The lowest BCUT2D eigenvalue weighted by Crippen LogP contribution is -2.32. The van der Waals surface area contributed by atoms with Gasteiger partial charge in [-0.25, -0.2) is 0 Å². The van der Waals surface area contributed by atoms with Crippen LogP contribution in [0.3, 0.4) is 0 Å². The fraction of sp³-hybridized carbons (Fsp3) is 0.778. The van der Waals surface area contributed by atoms with Crippen LogP contribution in [-0.4, -0.2) is 50.2 Å². The summed E-state index contributed by atoms with van der Waals surface area (Å²) < 4.78 is 9.44. The van der Waals surface area contributed by atoms with E-state index < -0.39 is 0 Å². The molecule has 0 saturated heterocycles. The highest BCUT2D eigenvalue weighted by molar-refractivity contribution is 5.74. The van der Waals surface area contributed by atoms with Gasteiger partial charge in [0.2, 0.25) is 0 Å². The number of hydrogen-bond acceptors (Lipinski definition) is 5. The maximum Gasteiger partial charge on any atom is 0.320 e. The van der Waals surface area contributed by atoms with E-state index in [1.807, 2.05) is 0 Å². The minimum Gasteiger partial charge on any atom is -0.465 e. The molecule has 0 fully saturated rings. The zero-order valence-electron chi connectivity index (χ0n) is 8.91. The van der Waals surface area contributed by atoms with Crippen molar-refractivity contribution in [2.24, 2.45) is 0 Å². The third-order valence-corrected chi connectivity index (χ3v) is 1.41. The smallest absolute Gasteiger partial charge is 0.320 e. The fourth-order valence-electron chi connectivity index (χ4n) is 0.910. The molecule has 0 N–H and O–H groups in total. The van der Waals surface area contributed by atoms with Crippen LogP contribution in [0.4, 0.5) is 0 Å². The Morgan fingerprint density at radius 1 is 1.00 bits per heavy atom. The lowest BCUT2D eigenvalue weighted by molar-refractivity contribution is -0.147. The largest absolute Gasteiger partial charge is 0.465 e. The van der Waals surface area contributed by atoms with E-state index in [9.17, 15) is 9.59 Å². The number of likely N-dealkylation sites (N-methyl/N-ethyl adjacent to an activating group) is 1. The van der Waals surface area contributed by atoms with Crippen molar-refractivity contribution in [3.05, 3.63) is 0 Å². The van der Waals surface area contributed by atoms with E-state index >= 15 is 0 Å². The standard InChI is InChI=1S/C9H17NO4/c1-4-13-8(11)6-10(3)7-9(12)14-5-2/h4-7H2,1-3H3. The monoisotopic (exact) mass is 203 g/mol. The molecule has 14 heavy (non-hydrogen) atoms.